The van der Waals surface area contributed by atoms with Crippen molar-refractivity contribution in [3.63, 3.8) is 0 Å². The summed E-state index contributed by atoms with van der Waals surface area (Å²) in [4.78, 5) is 13.5. The Hall–Kier alpha value is -4.30. The number of carbonyl (C=O) groups is 1. The number of allylic oxidation sites excluding steroid dienone is 1. The van der Waals surface area contributed by atoms with Crippen LogP contribution in [0.15, 0.2) is 164 Å². The SMILES string of the molecule is CCC(=O)C(/C=C/COC(c1ccccc1)(c1ccccc1)c1ccccc1)P(=O)(c1ccccc1)c1ccccc1. The number of ether oxygens (including phenoxy) is 1. The van der Waals surface area contributed by atoms with Gasteiger partial charge in [0, 0.05) is 17.0 Å². The lowest BCUT2D eigenvalue weighted by atomic mass is 9.80. The molecule has 0 aliphatic rings. The normalized spacial score (nSPS) is 12.7. The second kappa shape index (κ2) is 13.6. The molecular weight excluding hydrogens is 535 g/mol. The molecule has 0 aliphatic heterocycles. The minimum atomic E-state index is -3.35. The van der Waals surface area contributed by atoms with Gasteiger partial charge in [-0.25, -0.2) is 0 Å². The summed E-state index contributed by atoms with van der Waals surface area (Å²) >= 11 is 0. The average Bonchev–Trinajstić information content (AvgIpc) is 3.08. The van der Waals surface area contributed by atoms with Crippen molar-refractivity contribution in [2.75, 3.05) is 6.61 Å². The molecule has 0 heterocycles. The minimum absolute atomic E-state index is 0.0669. The van der Waals surface area contributed by atoms with Gasteiger partial charge in [-0.1, -0.05) is 171 Å². The first-order valence-electron chi connectivity index (χ1n) is 14.3. The predicted molar refractivity (Wildman–Crippen MR) is 173 cm³/mol. The number of hydrogen-bond donors (Lipinski definition) is 0. The van der Waals surface area contributed by atoms with Gasteiger partial charge in [0.25, 0.3) is 0 Å². The van der Waals surface area contributed by atoms with Gasteiger partial charge in [0.05, 0.1) is 12.3 Å². The predicted octanol–water partition coefficient (Wildman–Crippen LogP) is 7.91. The smallest absolute Gasteiger partial charge is 0.156 e. The number of rotatable bonds is 12. The number of ketones is 1. The van der Waals surface area contributed by atoms with Crippen molar-refractivity contribution in [1.29, 1.82) is 0 Å². The molecular formula is C38H35O3P. The number of carbonyl (C=O) groups excluding carboxylic acids is 1. The highest BCUT2D eigenvalue weighted by Gasteiger charge is 2.40. The third-order valence-corrected chi connectivity index (χ3v) is 11.0. The molecule has 0 amide bonds. The third-order valence-electron chi connectivity index (χ3n) is 7.61. The Morgan fingerprint density at radius 3 is 1.36 bits per heavy atom. The molecule has 3 nitrogen and oxygen atoms in total. The fourth-order valence-electron chi connectivity index (χ4n) is 5.54. The quantitative estimate of drug-likeness (QED) is 0.0870. The van der Waals surface area contributed by atoms with E-state index in [0.717, 1.165) is 16.7 Å². The number of benzene rings is 5. The Kier molecular flexibility index (Phi) is 9.44. The molecule has 0 saturated heterocycles. The van der Waals surface area contributed by atoms with E-state index in [1.165, 1.54) is 0 Å². The van der Waals surface area contributed by atoms with Gasteiger partial charge >= 0.3 is 0 Å². The number of Topliss-reactive ketones (excluding diaryl/α,β-unsaturated/α-hetero) is 1. The number of hydrogen-bond acceptors (Lipinski definition) is 3. The van der Waals surface area contributed by atoms with Crippen molar-refractivity contribution in [3.8, 4) is 0 Å². The lowest BCUT2D eigenvalue weighted by molar-refractivity contribution is -0.117. The summed E-state index contributed by atoms with van der Waals surface area (Å²) in [6, 6.07) is 49.3. The molecule has 0 saturated carbocycles. The summed E-state index contributed by atoms with van der Waals surface area (Å²) in [6.07, 6.45) is 3.94. The van der Waals surface area contributed by atoms with Gasteiger partial charge in [-0.3, -0.25) is 4.79 Å². The van der Waals surface area contributed by atoms with Crippen molar-refractivity contribution >= 4 is 23.5 Å². The Morgan fingerprint density at radius 2 is 1.00 bits per heavy atom. The molecule has 5 rings (SSSR count). The van der Waals surface area contributed by atoms with Crippen LogP contribution in [0.5, 0.6) is 0 Å². The van der Waals surface area contributed by atoms with E-state index in [9.17, 15) is 4.79 Å². The molecule has 0 fully saturated rings. The van der Waals surface area contributed by atoms with Gasteiger partial charge < -0.3 is 9.30 Å². The van der Waals surface area contributed by atoms with Crippen LogP contribution in [-0.2, 0) is 19.7 Å². The Morgan fingerprint density at radius 1 is 0.643 bits per heavy atom. The minimum Gasteiger partial charge on any atom is -0.357 e. The zero-order chi connectivity index (χ0) is 29.3. The van der Waals surface area contributed by atoms with E-state index in [-0.39, 0.29) is 18.8 Å². The summed E-state index contributed by atoms with van der Waals surface area (Å²) in [5.74, 6) is -0.0669. The summed E-state index contributed by atoms with van der Waals surface area (Å²) in [5, 5.41) is 1.33. The zero-order valence-corrected chi connectivity index (χ0v) is 24.6. The standard InChI is InChI=1S/C38H35O3P/c1-2-36(39)37(42(40,34-25-14-6-15-26-34)35-27-16-7-17-28-35)29-18-30-41-38(31-19-8-3-9-20-31,32-21-10-4-11-22-32)33-23-12-5-13-24-33/h3-29,37H,2,30H2,1H3/b29-18+. The van der Waals surface area contributed by atoms with Crippen molar-refractivity contribution in [3.05, 3.63) is 181 Å². The van der Waals surface area contributed by atoms with E-state index < -0.39 is 18.4 Å². The van der Waals surface area contributed by atoms with E-state index in [1.54, 1.807) is 6.08 Å². The summed E-state index contributed by atoms with van der Waals surface area (Å²) in [6.45, 7) is 2.03. The van der Waals surface area contributed by atoms with Crippen LogP contribution in [0.3, 0.4) is 0 Å². The van der Waals surface area contributed by atoms with Crippen LogP contribution in [0.4, 0.5) is 0 Å². The molecule has 1 unspecified atom stereocenters. The maximum Gasteiger partial charge on any atom is 0.156 e. The molecule has 0 N–H and O–H groups in total. The first kappa shape index (κ1) is 29.2. The average molecular weight is 571 g/mol. The Labute approximate surface area is 248 Å². The maximum absolute atomic E-state index is 15.1. The maximum atomic E-state index is 15.1. The molecule has 42 heavy (non-hydrogen) atoms. The fourth-order valence-corrected chi connectivity index (χ4v) is 8.66. The van der Waals surface area contributed by atoms with Gasteiger partial charge in [0.1, 0.15) is 11.4 Å². The van der Waals surface area contributed by atoms with Crippen LogP contribution in [0.2, 0.25) is 0 Å². The molecule has 0 aliphatic carbocycles. The summed E-state index contributed by atoms with van der Waals surface area (Å²) < 4.78 is 21.9. The second-order valence-corrected chi connectivity index (χ2v) is 13.0. The van der Waals surface area contributed by atoms with Gasteiger partial charge in [-0.05, 0) is 16.7 Å². The third kappa shape index (κ3) is 5.85. The Balaban J connectivity index is 1.57. The lowest BCUT2D eigenvalue weighted by Crippen LogP contribution is -2.33. The van der Waals surface area contributed by atoms with Crippen molar-refractivity contribution in [1.82, 2.24) is 0 Å². The van der Waals surface area contributed by atoms with Gasteiger partial charge in [-0.15, -0.1) is 0 Å². The Bertz CT molecular complexity index is 1490. The van der Waals surface area contributed by atoms with E-state index >= 15 is 4.57 Å². The van der Waals surface area contributed by atoms with Crippen LogP contribution in [0, 0.1) is 0 Å². The largest absolute Gasteiger partial charge is 0.357 e. The molecule has 0 radical (unpaired) electrons. The van der Waals surface area contributed by atoms with Gasteiger partial charge in [-0.2, -0.15) is 0 Å². The summed E-state index contributed by atoms with van der Waals surface area (Å²) in [7, 11) is -3.35. The summed E-state index contributed by atoms with van der Waals surface area (Å²) in [5.41, 5.74) is 1.29. The molecule has 4 heteroatoms. The molecule has 5 aromatic rings. The zero-order valence-electron chi connectivity index (χ0n) is 23.8. The molecule has 0 aromatic heterocycles. The lowest BCUT2D eigenvalue weighted by Gasteiger charge is -2.35. The molecule has 210 valence electrons. The second-order valence-electron chi connectivity index (χ2n) is 10.1. The van der Waals surface area contributed by atoms with Gasteiger partial charge in [0.2, 0.25) is 0 Å². The topological polar surface area (TPSA) is 43.4 Å². The van der Waals surface area contributed by atoms with Crippen LogP contribution < -0.4 is 10.6 Å². The van der Waals surface area contributed by atoms with Crippen LogP contribution in [0.1, 0.15) is 30.0 Å². The highest BCUT2D eigenvalue weighted by atomic mass is 31.2. The van der Waals surface area contributed by atoms with Crippen LogP contribution in [0.25, 0.3) is 0 Å². The highest BCUT2D eigenvalue weighted by Crippen LogP contribution is 2.50. The highest BCUT2D eigenvalue weighted by molar-refractivity contribution is 7.80. The fraction of sp³-hybridized carbons (Fsp3) is 0.132. The molecule has 0 spiro atoms. The van der Waals surface area contributed by atoms with E-state index in [2.05, 4.69) is 36.4 Å². The van der Waals surface area contributed by atoms with E-state index in [1.807, 2.05) is 128 Å². The van der Waals surface area contributed by atoms with Crippen molar-refractivity contribution < 1.29 is 14.1 Å². The monoisotopic (exact) mass is 570 g/mol. The molecule has 0 bridgehead atoms. The van der Waals surface area contributed by atoms with Gasteiger partial charge in [0.15, 0.2) is 7.14 Å². The van der Waals surface area contributed by atoms with E-state index in [4.69, 9.17) is 4.74 Å². The van der Waals surface area contributed by atoms with E-state index in [0.29, 0.717) is 10.6 Å². The van der Waals surface area contributed by atoms with Crippen LogP contribution in [-0.4, -0.2) is 18.0 Å². The van der Waals surface area contributed by atoms with Crippen molar-refractivity contribution in [2.24, 2.45) is 0 Å². The first-order valence-corrected chi connectivity index (χ1v) is 16.1. The van der Waals surface area contributed by atoms with Crippen LogP contribution >= 0.6 is 7.14 Å². The first-order chi connectivity index (χ1) is 20.6. The van der Waals surface area contributed by atoms with Crippen molar-refractivity contribution in [2.45, 2.75) is 24.6 Å². The molecule has 5 aromatic carbocycles. The molecule has 1 atom stereocenters.